The highest BCUT2D eigenvalue weighted by atomic mass is 32.2. The van der Waals surface area contributed by atoms with Crippen molar-refractivity contribution in [3.8, 4) is 0 Å². The van der Waals surface area contributed by atoms with Crippen LogP contribution in [0.5, 0.6) is 0 Å². The summed E-state index contributed by atoms with van der Waals surface area (Å²) in [5, 5.41) is 1.89. The summed E-state index contributed by atoms with van der Waals surface area (Å²) in [5.74, 6) is -1.37. The zero-order valence-electron chi connectivity index (χ0n) is 18.0. The number of sulfonamides is 1. The zero-order valence-corrected chi connectivity index (χ0v) is 19.6. The first-order valence-corrected chi connectivity index (χ1v) is 12.4. The van der Waals surface area contributed by atoms with E-state index in [1.807, 2.05) is 17.5 Å². The lowest BCUT2D eigenvalue weighted by Gasteiger charge is -2.27. The molecule has 0 radical (unpaired) electrons. The van der Waals surface area contributed by atoms with Crippen molar-refractivity contribution in [2.45, 2.75) is 18.0 Å². The van der Waals surface area contributed by atoms with Crippen LogP contribution in [0.15, 0.2) is 70.9 Å². The van der Waals surface area contributed by atoms with E-state index in [1.165, 1.54) is 35.5 Å². The van der Waals surface area contributed by atoms with Crippen LogP contribution in [-0.4, -0.2) is 50.3 Å². The third-order valence-corrected chi connectivity index (χ3v) is 7.59. The molecule has 1 amide bonds. The molecule has 0 atom stereocenters. The second-order valence-electron chi connectivity index (χ2n) is 7.24. The molecule has 0 aliphatic carbocycles. The van der Waals surface area contributed by atoms with E-state index in [0.29, 0.717) is 5.56 Å². The molecular formula is C23H24F2N2O4S2. The summed E-state index contributed by atoms with van der Waals surface area (Å²) in [6.07, 6.45) is 0. The third kappa shape index (κ3) is 6.91. The van der Waals surface area contributed by atoms with E-state index in [4.69, 9.17) is 4.74 Å². The number of carbonyl (C=O) groups is 1. The minimum absolute atomic E-state index is 0.0503. The number of hydrogen-bond donors (Lipinski definition) is 0. The SMILES string of the molecule is COCCN(CC(=O)N(Cc1ccc(F)cc1)Cc1cccs1)S(=O)(=O)c1ccc(F)cc1. The summed E-state index contributed by atoms with van der Waals surface area (Å²) in [6, 6.07) is 14.0. The minimum Gasteiger partial charge on any atom is -0.383 e. The number of benzene rings is 2. The lowest BCUT2D eigenvalue weighted by atomic mass is 10.2. The Labute approximate surface area is 196 Å². The van der Waals surface area contributed by atoms with Gasteiger partial charge in [0, 0.05) is 25.1 Å². The number of carbonyl (C=O) groups excluding carboxylic acids is 1. The van der Waals surface area contributed by atoms with Gasteiger partial charge >= 0.3 is 0 Å². The summed E-state index contributed by atoms with van der Waals surface area (Å²) < 4.78 is 59.0. The molecule has 3 aromatic rings. The number of nitrogens with zero attached hydrogens (tertiary/aromatic N) is 2. The summed E-state index contributed by atoms with van der Waals surface area (Å²) in [6.45, 7) is 0.0753. The summed E-state index contributed by atoms with van der Waals surface area (Å²) in [4.78, 5) is 15.6. The maximum Gasteiger partial charge on any atom is 0.243 e. The number of amides is 1. The highest BCUT2D eigenvalue weighted by Crippen LogP contribution is 2.19. The predicted molar refractivity (Wildman–Crippen MR) is 122 cm³/mol. The largest absolute Gasteiger partial charge is 0.383 e. The smallest absolute Gasteiger partial charge is 0.243 e. The summed E-state index contributed by atoms with van der Waals surface area (Å²) in [7, 11) is -2.63. The van der Waals surface area contributed by atoms with E-state index in [-0.39, 0.29) is 37.0 Å². The lowest BCUT2D eigenvalue weighted by molar-refractivity contribution is -0.132. The Morgan fingerprint density at radius 1 is 0.970 bits per heavy atom. The second kappa shape index (κ2) is 11.5. The number of hydrogen-bond acceptors (Lipinski definition) is 5. The Balaban J connectivity index is 1.85. The topological polar surface area (TPSA) is 66.9 Å². The Kier molecular flexibility index (Phi) is 8.67. The summed E-state index contributed by atoms with van der Waals surface area (Å²) in [5.41, 5.74) is 0.714. The fourth-order valence-electron chi connectivity index (χ4n) is 3.12. The van der Waals surface area contributed by atoms with Crippen molar-refractivity contribution in [1.82, 2.24) is 9.21 Å². The minimum atomic E-state index is -4.07. The molecule has 0 unspecified atom stereocenters. The van der Waals surface area contributed by atoms with E-state index in [1.54, 1.807) is 12.1 Å². The fourth-order valence-corrected chi connectivity index (χ4v) is 5.21. The highest BCUT2D eigenvalue weighted by molar-refractivity contribution is 7.89. The van der Waals surface area contributed by atoms with Crippen molar-refractivity contribution in [2.24, 2.45) is 0 Å². The van der Waals surface area contributed by atoms with Gasteiger partial charge in [0.25, 0.3) is 0 Å². The Hall–Kier alpha value is -2.66. The monoisotopic (exact) mass is 494 g/mol. The number of halogens is 2. The average Bonchev–Trinajstić information content (AvgIpc) is 3.31. The molecule has 6 nitrogen and oxygen atoms in total. The van der Waals surface area contributed by atoms with Crippen molar-refractivity contribution in [3.05, 3.63) is 88.1 Å². The van der Waals surface area contributed by atoms with E-state index in [0.717, 1.165) is 33.4 Å². The maximum atomic E-state index is 13.3. The number of methoxy groups -OCH3 is 1. The maximum absolute atomic E-state index is 13.3. The van der Waals surface area contributed by atoms with Crippen LogP contribution in [0.2, 0.25) is 0 Å². The molecule has 10 heteroatoms. The van der Waals surface area contributed by atoms with Crippen LogP contribution in [0.25, 0.3) is 0 Å². The molecule has 0 bridgehead atoms. The highest BCUT2D eigenvalue weighted by Gasteiger charge is 2.28. The summed E-state index contributed by atoms with van der Waals surface area (Å²) >= 11 is 1.48. The molecule has 176 valence electrons. The Morgan fingerprint density at radius 3 is 2.18 bits per heavy atom. The first-order valence-electron chi connectivity index (χ1n) is 10.1. The third-order valence-electron chi connectivity index (χ3n) is 4.87. The van der Waals surface area contributed by atoms with Gasteiger partial charge in [-0.1, -0.05) is 18.2 Å². The normalized spacial score (nSPS) is 11.6. The lowest BCUT2D eigenvalue weighted by Crippen LogP contribution is -2.43. The van der Waals surface area contributed by atoms with E-state index < -0.39 is 28.3 Å². The molecule has 2 aromatic carbocycles. The molecule has 0 N–H and O–H groups in total. The zero-order chi connectivity index (χ0) is 23.8. The second-order valence-corrected chi connectivity index (χ2v) is 10.2. The molecule has 0 fully saturated rings. The molecule has 1 heterocycles. The Morgan fingerprint density at radius 2 is 1.61 bits per heavy atom. The van der Waals surface area contributed by atoms with E-state index >= 15 is 0 Å². The quantitative estimate of drug-likeness (QED) is 0.406. The van der Waals surface area contributed by atoms with Gasteiger partial charge < -0.3 is 9.64 Å². The predicted octanol–water partition coefficient (Wildman–Crippen LogP) is 3.89. The van der Waals surface area contributed by atoms with Crippen LogP contribution in [-0.2, 0) is 32.6 Å². The van der Waals surface area contributed by atoms with Crippen molar-refractivity contribution >= 4 is 27.3 Å². The fraction of sp³-hybridized carbons (Fsp3) is 0.261. The van der Waals surface area contributed by atoms with Crippen LogP contribution in [0.4, 0.5) is 8.78 Å². The Bertz CT molecular complexity index is 1140. The standard InChI is InChI=1S/C23H24F2N2O4S2/c1-31-13-12-27(33(29,30)22-10-8-20(25)9-11-22)17-23(28)26(16-21-3-2-14-32-21)15-18-4-6-19(24)7-5-18/h2-11,14H,12-13,15-17H2,1H3. The molecule has 0 saturated carbocycles. The van der Waals surface area contributed by atoms with Gasteiger partial charge in [0.15, 0.2) is 0 Å². The van der Waals surface area contributed by atoms with Crippen LogP contribution < -0.4 is 0 Å². The van der Waals surface area contributed by atoms with E-state index in [2.05, 4.69) is 0 Å². The van der Waals surface area contributed by atoms with Gasteiger partial charge in [-0.2, -0.15) is 4.31 Å². The number of ether oxygens (including phenoxy) is 1. The van der Waals surface area contributed by atoms with Gasteiger partial charge in [-0.15, -0.1) is 11.3 Å². The van der Waals surface area contributed by atoms with Crippen LogP contribution >= 0.6 is 11.3 Å². The molecular weight excluding hydrogens is 470 g/mol. The molecule has 0 saturated heterocycles. The van der Waals surface area contributed by atoms with E-state index in [9.17, 15) is 22.0 Å². The van der Waals surface area contributed by atoms with Gasteiger partial charge in [-0.25, -0.2) is 17.2 Å². The van der Waals surface area contributed by atoms with Crippen molar-refractivity contribution in [2.75, 3.05) is 26.8 Å². The van der Waals surface area contributed by atoms with Crippen LogP contribution in [0.1, 0.15) is 10.4 Å². The van der Waals surface area contributed by atoms with Crippen molar-refractivity contribution in [1.29, 1.82) is 0 Å². The average molecular weight is 495 g/mol. The molecule has 1 aromatic heterocycles. The van der Waals surface area contributed by atoms with Gasteiger partial charge in [0.1, 0.15) is 11.6 Å². The van der Waals surface area contributed by atoms with Crippen LogP contribution in [0.3, 0.4) is 0 Å². The number of thiophene rings is 1. The molecule has 0 aliphatic heterocycles. The molecule has 3 rings (SSSR count). The van der Waals surface area contributed by atoms with Gasteiger partial charge in [0.2, 0.25) is 15.9 Å². The van der Waals surface area contributed by atoms with Crippen molar-refractivity contribution < 1.29 is 26.7 Å². The van der Waals surface area contributed by atoms with Gasteiger partial charge in [0.05, 0.1) is 24.6 Å². The van der Waals surface area contributed by atoms with Crippen molar-refractivity contribution in [3.63, 3.8) is 0 Å². The number of rotatable bonds is 11. The first kappa shape index (κ1) is 25.0. The molecule has 0 spiro atoms. The first-order chi connectivity index (χ1) is 15.8. The molecule has 0 aliphatic rings. The van der Waals surface area contributed by atoms with Gasteiger partial charge in [-0.05, 0) is 53.4 Å². The molecule has 33 heavy (non-hydrogen) atoms. The van der Waals surface area contributed by atoms with Crippen LogP contribution in [0, 0.1) is 11.6 Å². The van der Waals surface area contributed by atoms with Gasteiger partial charge in [-0.3, -0.25) is 4.79 Å².